The fourth-order valence-corrected chi connectivity index (χ4v) is 6.08. The molecule has 2 aromatic carbocycles. The van der Waals surface area contributed by atoms with Gasteiger partial charge in [0.25, 0.3) is 0 Å². The molecule has 1 N–H and O–H groups in total. The molecule has 184 valence electrons. The zero-order valence-corrected chi connectivity index (χ0v) is 22.8. The summed E-state index contributed by atoms with van der Waals surface area (Å²) in [5.74, 6) is 0.445. The van der Waals surface area contributed by atoms with Gasteiger partial charge in [0, 0.05) is 28.4 Å². The highest BCUT2D eigenvalue weighted by Gasteiger charge is 2.30. The number of amides is 2. The Kier molecular flexibility index (Phi) is 10.7. The molecule has 0 radical (unpaired) electrons. The van der Waals surface area contributed by atoms with Crippen LogP contribution in [0.1, 0.15) is 50.2 Å². The molecule has 2 amide bonds. The Balaban J connectivity index is 1.75. The summed E-state index contributed by atoms with van der Waals surface area (Å²) in [6, 6.07) is 10.2. The van der Waals surface area contributed by atoms with E-state index in [-0.39, 0.29) is 30.2 Å². The van der Waals surface area contributed by atoms with Gasteiger partial charge in [-0.3, -0.25) is 9.59 Å². The van der Waals surface area contributed by atoms with Crippen LogP contribution in [0.5, 0.6) is 0 Å². The first-order chi connectivity index (χ1) is 16.3. The Hall–Kier alpha value is -1.11. The molecular formula is C25H28Cl4N2O2S. The third-order valence-electron chi connectivity index (χ3n) is 5.96. The molecule has 0 bridgehead atoms. The minimum absolute atomic E-state index is 0.109. The Morgan fingerprint density at radius 3 is 2.32 bits per heavy atom. The molecule has 0 spiro atoms. The molecule has 0 aliphatic heterocycles. The van der Waals surface area contributed by atoms with Gasteiger partial charge in [0.05, 0.1) is 15.8 Å². The van der Waals surface area contributed by atoms with Crippen LogP contribution in [0, 0.1) is 0 Å². The van der Waals surface area contributed by atoms with E-state index in [0.29, 0.717) is 32.3 Å². The number of rotatable bonds is 10. The van der Waals surface area contributed by atoms with E-state index >= 15 is 0 Å². The molecule has 1 fully saturated rings. The van der Waals surface area contributed by atoms with Gasteiger partial charge in [0.2, 0.25) is 11.8 Å². The lowest BCUT2D eigenvalue weighted by Crippen LogP contribution is -2.51. The van der Waals surface area contributed by atoms with Crippen molar-refractivity contribution in [2.24, 2.45) is 0 Å². The highest BCUT2D eigenvalue weighted by atomic mass is 35.5. The van der Waals surface area contributed by atoms with E-state index in [0.717, 1.165) is 36.8 Å². The van der Waals surface area contributed by atoms with E-state index in [2.05, 4.69) is 5.32 Å². The molecule has 34 heavy (non-hydrogen) atoms. The van der Waals surface area contributed by atoms with Crippen molar-refractivity contribution in [2.75, 3.05) is 5.75 Å². The molecule has 0 saturated heterocycles. The normalized spacial score (nSPS) is 14.7. The van der Waals surface area contributed by atoms with Gasteiger partial charge in [-0.25, -0.2) is 0 Å². The third-order valence-corrected chi connectivity index (χ3v) is 8.35. The fourth-order valence-electron chi connectivity index (χ4n) is 4.12. The molecule has 0 heterocycles. The maximum Gasteiger partial charge on any atom is 0.243 e. The average Bonchev–Trinajstić information content (AvgIpc) is 3.31. The molecule has 9 heteroatoms. The van der Waals surface area contributed by atoms with Crippen molar-refractivity contribution >= 4 is 70.0 Å². The second-order valence-corrected chi connectivity index (χ2v) is 11.0. The predicted octanol–water partition coefficient (Wildman–Crippen LogP) is 7.40. The summed E-state index contributed by atoms with van der Waals surface area (Å²) in [4.78, 5) is 28.2. The number of hydrogen-bond acceptors (Lipinski definition) is 3. The average molecular weight is 562 g/mol. The minimum Gasteiger partial charge on any atom is -0.352 e. The van der Waals surface area contributed by atoms with Gasteiger partial charge in [-0.2, -0.15) is 0 Å². The first-order valence-electron chi connectivity index (χ1n) is 11.3. The molecule has 1 aliphatic rings. The number of thioether (sulfide) groups is 1. The SMILES string of the molecule is CCC(C(=O)NC1CCCC1)N(Cc1ccc(Cl)c(Cl)c1)C(=O)CSCc1c(Cl)cccc1Cl. The summed E-state index contributed by atoms with van der Waals surface area (Å²) in [6.45, 7) is 2.18. The Bertz CT molecular complexity index is 994. The number of carbonyl (C=O) groups is 2. The largest absolute Gasteiger partial charge is 0.352 e. The number of halogens is 4. The molecule has 3 rings (SSSR count). The summed E-state index contributed by atoms with van der Waals surface area (Å²) in [5, 5.41) is 5.15. The molecule has 4 nitrogen and oxygen atoms in total. The van der Waals surface area contributed by atoms with E-state index in [9.17, 15) is 9.59 Å². The molecule has 1 atom stereocenters. The molecule has 1 aliphatic carbocycles. The van der Waals surface area contributed by atoms with E-state index in [1.807, 2.05) is 13.0 Å². The fraction of sp³-hybridized carbons (Fsp3) is 0.440. The van der Waals surface area contributed by atoms with Crippen LogP contribution in [0.3, 0.4) is 0 Å². The van der Waals surface area contributed by atoms with E-state index in [1.165, 1.54) is 11.8 Å². The van der Waals surface area contributed by atoms with Crippen molar-refractivity contribution in [3.8, 4) is 0 Å². The van der Waals surface area contributed by atoms with Crippen molar-refractivity contribution in [1.82, 2.24) is 10.2 Å². The lowest BCUT2D eigenvalue weighted by atomic mass is 10.1. The van der Waals surface area contributed by atoms with Crippen LogP contribution in [-0.4, -0.2) is 34.6 Å². The second kappa shape index (κ2) is 13.3. The van der Waals surface area contributed by atoms with Crippen LogP contribution in [0.15, 0.2) is 36.4 Å². The third kappa shape index (κ3) is 7.44. The smallest absolute Gasteiger partial charge is 0.243 e. The number of hydrogen-bond donors (Lipinski definition) is 1. The summed E-state index contributed by atoms with van der Waals surface area (Å²) >= 11 is 26.2. The van der Waals surface area contributed by atoms with Crippen molar-refractivity contribution in [2.45, 2.75) is 63.4 Å². The summed E-state index contributed by atoms with van der Waals surface area (Å²) in [7, 11) is 0. The van der Waals surface area contributed by atoms with Crippen LogP contribution in [0.2, 0.25) is 20.1 Å². The maximum absolute atomic E-state index is 13.4. The Morgan fingerprint density at radius 1 is 1.03 bits per heavy atom. The highest BCUT2D eigenvalue weighted by molar-refractivity contribution is 7.99. The van der Waals surface area contributed by atoms with E-state index < -0.39 is 6.04 Å². The molecule has 0 aromatic heterocycles. The lowest BCUT2D eigenvalue weighted by molar-refractivity contribution is -0.139. The van der Waals surface area contributed by atoms with Gasteiger partial charge in [0.1, 0.15) is 6.04 Å². The van der Waals surface area contributed by atoms with Gasteiger partial charge >= 0.3 is 0 Å². The molecule has 1 unspecified atom stereocenters. The number of benzene rings is 2. The zero-order chi connectivity index (χ0) is 24.7. The highest BCUT2D eigenvalue weighted by Crippen LogP contribution is 2.29. The number of carbonyl (C=O) groups excluding carboxylic acids is 2. The summed E-state index contributed by atoms with van der Waals surface area (Å²) in [6.07, 6.45) is 4.71. The molecule has 1 saturated carbocycles. The van der Waals surface area contributed by atoms with Crippen molar-refractivity contribution in [3.63, 3.8) is 0 Å². The Morgan fingerprint density at radius 2 is 1.71 bits per heavy atom. The van der Waals surface area contributed by atoms with Crippen LogP contribution >= 0.6 is 58.2 Å². The lowest BCUT2D eigenvalue weighted by Gasteiger charge is -2.31. The van der Waals surface area contributed by atoms with Gasteiger partial charge in [0.15, 0.2) is 0 Å². The van der Waals surface area contributed by atoms with Gasteiger partial charge in [-0.1, -0.05) is 78.3 Å². The van der Waals surface area contributed by atoms with Crippen molar-refractivity contribution in [3.05, 3.63) is 67.6 Å². The topological polar surface area (TPSA) is 49.4 Å². The molecule has 2 aromatic rings. The predicted molar refractivity (Wildman–Crippen MR) is 144 cm³/mol. The van der Waals surface area contributed by atoms with Crippen LogP contribution in [0.4, 0.5) is 0 Å². The van der Waals surface area contributed by atoms with Gasteiger partial charge in [-0.15, -0.1) is 11.8 Å². The molecular weight excluding hydrogens is 534 g/mol. The van der Waals surface area contributed by atoms with Crippen LogP contribution < -0.4 is 5.32 Å². The first-order valence-corrected chi connectivity index (χ1v) is 14.0. The minimum atomic E-state index is -0.577. The second-order valence-electron chi connectivity index (χ2n) is 8.38. The summed E-state index contributed by atoms with van der Waals surface area (Å²) < 4.78 is 0. The van der Waals surface area contributed by atoms with Crippen LogP contribution in [-0.2, 0) is 21.9 Å². The summed E-state index contributed by atoms with van der Waals surface area (Å²) in [5.41, 5.74) is 1.61. The first kappa shape index (κ1) is 27.5. The Labute approximate surface area is 225 Å². The standard InChI is InChI=1S/C25H28Cl4N2O2S/c1-2-23(25(33)30-17-6-3-4-7-17)31(13-16-10-11-21(28)22(29)12-16)24(32)15-34-14-18-19(26)8-5-9-20(18)27/h5,8-12,17,23H,2-4,6-7,13-15H2,1H3,(H,30,33). The van der Waals surface area contributed by atoms with Gasteiger partial charge < -0.3 is 10.2 Å². The van der Waals surface area contributed by atoms with E-state index in [4.69, 9.17) is 46.4 Å². The number of nitrogens with one attached hydrogen (secondary N) is 1. The maximum atomic E-state index is 13.4. The monoisotopic (exact) mass is 560 g/mol. The quantitative estimate of drug-likeness (QED) is 0.329. The van der Waals surface area contributed by atoms with Crippen molar-refractivity contribution < 1.29 is 9.59 Å². The van der Waals surface area contributed by atoms with Crippen molar-refractivity contribution in [1.29, 1.82) is 0 Å². The zero-order valence-electron chi connectivity index (χ0n) is 19.0. The van der Waals surface area contributed by atoms with Gasteiger partial charge in [-0.05, 0) is 54.7 Å². The number of nitrogens with zero attached hydrogens (tertiary/aromatic N) is 1. The van der Waals surface area contributed by atoms with Crippen LogP contribution in [0.25, 0.3) is 0 Å². The van der Waals surface area contributed by atoms with E-state index in [1.54, 1.807) is 35.2 Å².